The summed E-state index contributed by atoms with van der Waals surface area (Å²) in [5.74, 6) is -0.251. The van der Waals surface area contributed by atoms with E-state index >= 15 is 0 Å². The van der Waals surface area contributed by atoms with Gasteiger partial charge in [-0.1, -0.05) is 18.2 Å². The summed E-state index contributed by atoms with van der Waals surface area (Å²) in [5, 5.41) is 3.99. The molecule has 0 bridgehead atoms. The predicted molar refractivity (Wildman–Crippen MR) is 68.2 cm³/mol. The molecule has 18 heavy (non-hydrogen) atoms. The Morgan fingerprint density at radius 3 is 2.67 bits per heavy atom. The van der Waals surface area contributed by atoms with E-state index in [1.807, 2.05) is 6.07 Å². The molecule has 0 fully saturated rings. The van der Waals surface area contributed by atoms with E-state index in [4.69, 9.17) is 0 Å². The normalized spacial score (nSPS) is 11.1. The summed E-state index contributed by atoms with van der Waals surface area (Å²) >= 11 is 0. The third-order valence-corrected chi connectivity index (χ3v) is 2.29. The van der Waals surface area contributed by atoms with Gasteiger partial charge in [0.15, 0.2) is 0 Å². The van der Waals surface area contributed by atoms with E-state index in [1.54, 1.807) is 49.8 Å². The van der Waals surface area contributed by atoms with Crippen molar-refractivity contribution >= 4 is 11.6 Å². The van der Waals surface area contributed by atoms with E-state index < -0.39 is 0 Å². The monoisotopic (exact) mass is 240 g/mol. The Morgan fingerprint density at radius 1 is 1.22 bits per heavy atom. The minimum atomic E-state index is -0.251. The molecule has 1 heterocycles. The van der Waals surface area contributed by atoms with Crippen LogP contribution in [0.2, 0.25) is 0 Å². The second-order valence-electron chi connectivity index (χ2n) is 3.59. The fraction of sp³-hybridized carbons (Fsp3) is 0.0769. The topological polar surface area (TPSA) is 67.2 Å². The molecule has 5 nitrogen and oxygen atoms in total. The number of aromatic nitrogens is 2. The van der Waals surface area contributed by atoms with Crippen molar-refractivity contribution in [1.29, 1.82) is 0 Å². The Morgan fingerprint density at radius 2 is 2.00 bits per heavy atom. The molecule has 0 unspecified atom stereocenters. The predicted octanol–water partition coefficient (Wildman–Crippen LogP) is 1.63. The Balaban J connectivity index is 2.05. The van der Waals surface area contributed by atoms with Gasteiger partial charge < -0.3 is 0 Å². The van der Waals surface area contributed by atoms with Gasteiger partial charge in [0.2, 0.25) is 0 Å². The van der Waals surface area contributed by atoms with Gasteiger partial charge in [-0.25, -0.2) is 5.43 Å². The highest BCUT2D eigenvalue weighted by molar-refractivity contribution is 5.99. The zero-order valence-corrected chi connectivity index (χ0v) is 9.87. The molecule has 5 heteroatoms. The van der Waals surface area contributed by atoms with Crippen LogP contribution < -0.4 is 5.43 Å². The lowest BCUT2D eigenvalue weighted by molar-refractivity contribution is 0.0955. The summed E-state index contributed by atoms with van der Waals surface area (Å²) in [7, 11) is 0. The summed E-state index contributed by atoms with van der Waals surface area (Å²) in [6, 6.07) is 8.90. The molecule has 1 amide bonds. The number of rotatable bonds is 3. The Labute approximate surface area is 105 Å². The highest BCUT2D eigenvalue weighted by Gasteiger charge is 2.03. The molecule has 1 N–H and O–H groups in total. The maximum atomic E-state index is 11.7. The van der Waals surface area contributed by atoms with Gasteiger partial charge in [-0.15, -0.1) is 0 Å². The van der Waals surface area contributed by atoms with Crippen molar-refractivity contribution in [2.75, 3.05) is 0 Å². The first-order valence-corrected chi connectivity index (χ1v) is 5.43. The minimum absolute atomic E-state index is 0.251. The number of nitrogens with zero attached hydrogens (tertiary/aromatic N) is 3. The third kappa shape index (κ3) is 2.98. The van der Waals surface area contributed by atoms with Crippen LogP contribution in [0.3, 0.4) is 0 Å². The van der Waals surface area contributed by atoms with Crippen LogP contribution in [0, 0.1) is 0 Å². The first-order chi connectivity index (χ1) is 8.77. The van der Waals surface area contributed by atoms with Gasteiger partial charge in [-0.05, 0) is 19.1 Å². The molecular formula is C13H12N4O. The molecule has 0 aliphatic heterocycles. The molecule has 0 aliphatic rings. The van der Waals surface area contributed by atoms with Crippen LogP contribution in [0.1, 0.15) is 23.0 Å². The zero-order valence-electron chi connectivity index (χ0n) is 9.87. The molecule has 0 radical (unpaired) electrons. The van der Waals surface area contributed by atoms with Crippen LogP contribution in [0.4, 0.5) is 0 Å². The standard InChI is InChI=1S/C13H12N4O/c1-10(12-9-14-7-8-15-12)16-17-13(18)11-5-3-2-4-6-11/h2-9H,1H3,(H,17,18). The molecule has 0 spiro atoms. The minimum Gasteiger partial charge on any atom is -0.267 e. The van der Waals surface area contributed by atoms with Crippen LogP contribution in [-0.4, -0.2) is 21.6 Å². The average molecular weight is 240 g/mol. The number of hydrogen-bond acceptors (Lipinski definition) is 4. The summed E-state index contributed by atoms with van der Waals surface area (Å²) < 4.78 is 0. The van der Waals surface area contributed by atoms with Crippen LogP contribution >= 0.6 is 0 Å². The van der Waals surface area contributed by atoms with Crippen LogP contribution in [-0.2, 0) is 0 Å². The molecule has 1 aromatic heterocycles. The van der Waals surface area contributed by atoms with E-state index in [-0.39, 0.29) is 5.91 Å². The van der Waals surface area contributed by atoms with Crippen molar-refractivity contribution in [2.24, 2.45) is 5.10 Å². The van der Waals surface area contributed by atoms with E-state index in [1.165, 1.54) is 0 Å². The van der Waals surface area contributed by atoms with Crippen molar-refractivity contribution in [3.05, 3.63) is 60.2 Å². The van der Waals surface area contributed by atoms with Gasteiger partial charge in [0, 0.05) is 18.0 Å². The Bertz CT molecular complexity index is 552. The van der Waals surface area contributed by atoms with Crippen molar-refractivity contribution in [3.8, 4) is 0 Å². The molecule has 0 aliphatic carbocycles. The first-order valence-electron chi connectivity index (χ1n) is 5.43. The summed E-state index contributed by atoms with van der Waals surface area (Å²) in [5.41, 5.74) is 4.28. The number of carbonyl (C=O) groups excluding carboxylic acids is 1. The SMILES string of the molecule is CC(=NNC(=O)c1ccccc1)c1cnccn1. The maximum absolute atomic E-state index is 11.7. The largest absolute Gasteiger partial charge is 0.271 e. The highest BCUT2D eigenvalue weighted by atomic mass is 16.2. The number of hydrazone groups is 1. The van der Waals surface area contributed by atoms with Gasteiger partial charge in [0.25, 0.3) is 5.91 Å². The van der Waals surface area contributed by atoms with Gasteiger partial charge >= 0.3 is 0 Å². The van der Waals surface area contributed by atoms with E-state index in [0.717, 1.165) is 0 Å². The smallest absolute Gasteiger partial charge is 0.267 e. The summed E-state index contributed by atoms with van der Waals surface area (Å²) in [4.78, 5) is 19.7. The van der Waals surface area contributed by atoms with Crippen molar-refractivity contribution in [3.63, 3.8) is 0 Å². The summed E-state index contributed by atoms with van der Waals surface area (Å²) in [6.07, 6.45) is 4.75. The molecule has 0 saturated heterocycles. The lowest BCUT2D eigenvalue weighted by Gasteiger charge is -2.01. The number of amides is 1. The van der Waals surface area contributed by atoms with Gasteiger partial charge in [0.1, 0.15) is 5.69 Å². The molecule has 0 atom stereocenters. The third-order valence-electron chi connectivity index (χ3n) is 2.29. The summed E-state index contributed by atoms with van der Waals surface area (Å²) in [6.45, 7) is 1.76. The average Bonchev–Trinajstić information content (AvgIpc) is 2.46. The highest BCUT2D eigenvalue weighted by Crippen LogP contribution is 1.98. The molecule has 2 rings (SSSR count). The Hall–Kier alpha value is -2.56. The van der Waals surface area contributed by atoms with E-state index in [0.29, 0.717) is 17.0 Å². The lowest BCUT2D eigenvalue weighted by Crippen LogP contribution is -2.19. The van der Waals surface area contributed by atoms with Crippen molar-refractivity contribution in [1.82, 2.24) is 15.4 Å². The van der Waals surface area contributed by atoms with Crippen molar-refractivity contribution in [2.45, 2.75) is 6.92 Å². The fourth-order valence-corrected chi connectivity index (χ4v) is 1.33. The first kappa shape index (κ1) is 11.9. The quantitative estimate of drug-likeness (QED) is 0.655. The lowest BCUT2D eigenvalue weighted by atomic mass is 10.2. The second kappa shape index (κ2) is 5.67. The van der Waals surface area contributed by atoms with E-state index in [2.05, 4.69) is 20.5 Å². The fourth-order valence-electron chi connectivity index (χ4n) is 1.33. The van der Waals surface area contributed by atoms with Crippen LogP contribution in [0.15, 0.2) is 54.0 Å². The molecule has 0 saturated carbocycles. The van der Waals surface area contributed by atoms with E-state index in [9.17, 15) is 4.79 Å². The number of carbonyl (C=O) groups is 1. The maximum Gasteiger partial charge on any atom is 0.271 e. The molecule has 2 aromatic rings. The van der Waals surface area contributed by atoms with Crippen molar-refractivity contribution < 1.29 is 4.79 Å². The molecular weight excluding hydrogens is 228 g/mol. The van der Waals surface area contributed by atoms with Crippen LogP contribution in [0.25, 0.3) is 0 Å². The number of hydrogen-bond donors (Lipinski definition) is 1. The van der Waals surface area contributed by atoms with Gasteiger partial charge in [-0.2, -0.15) is 5.10 Å². The van der Waals surface area contributed by atoms with Gasteiger partial charge in [0.05, 0.1) is 11.9 Å². The zero-order chi connectivity index (χ0) is 12.8. The molecule has 90 valence electrons. The number of nitrogens with one attached hydrogen (secondary N) is 1. The number of benzene rings is 1. The van der Waals surface area contributed by atoms with Crippen LogP contribution in [0.5, 0.6) is 0 Å². The second-order valence-corrected chi connectivity index (χ2v) is 3.59. The Kier molecular flexibility index (Phi) is 3.76. The molecule has 1 aromatic carbocycles. The van der Waals surface area contributed by atoms with Gasteiger partial charge in [-0.3, -0.25) is 14.8 Å².